The molecule has 1 amide bonds. The van der Waals surface area contributed by atoms with Crippen LogP contribution < -0.4 is 0 Å². The molecule has 2 rings (SSSR count). The van der Waals surface area contributed by atoms with Gasteiger partial charge in [0.1, 0.15) is 5.60 Å². The first kappa shape index (κ1) is 19.5. The zero-order valence-corrected chi connectivity index (χ0v) is 15.7. The third-order valence-corrected chi connectivity index (χ3v) is 6.22. The van der Waals surface area contributed by atoms with Crippen LogP contribution in [-0.4, -0.2) is 51.8 Å². The third kappa shape index (κ3) is 2.87. The van der Waals surface area contributed by atoms with Gasteiger partial charge in [-0.2, -0.15) is 0 Å². The highest BCUT2D eigenvalue weighted by molar-refractivity contribution is 5.99. The number of nitrogens with zero attached hydrogens (tertiary/aromatic N) is 1. The van der Waals surface area contributed by atoms with Gasteiger partial charge in [-0.25, -0.2) is 4.79 Å². The van der Waals surface area contributed by atoms with E-state index in [1.54, 1.807) is 25.7 Å². The van der Waals surface area contributed by atoms with Crippen molar-refractivity contribution in [3.05, 3.63) is 0 Å². The molecule has 7 nitrogen and oxygen atoms in total. The molecule has 0 spiro atoms. The summed E-state index contributed by atoms with van der Waals surface area (Å²) in [5, 5.41) is 19.3. The number of fused-ring (bicyclic) bond motifs is 1. The Morgan fingerprint density at radius 1 is 0.960 bits per heavy atom. The predicted octanol–water partition coefficient (Wildman–Crippen LogP) is 2.98. The Morgan fingerprint density at radius 2 is 1.36 bits per heavy atom. The highest BCUT2D eigenvalue weighted by Crippen LogP contribution is 2.67. The zero-order valence-electron chi connectivity index (χ0n) is 15.7. The number of hydrogen-bond donors (Lipinski definition) is 2. The van der Waals surface area contributed by atoms with Gasteiger partial charge in [0.15, 0.2) is 5.41 Å². The van der Waals surface area contributed by atoms with Gasteiger partial charge >= 0.3 is 18.0 Å². The number of carbonyl (C=O) groups is 3. The molecule has 1 aliphatic carbocycles. The molecule has 0 aromatic rings. The molecule has 0 radical (unpaired) electrons. The van der Waals surface area contributed by atoms with Crippen LogP contribution >= 0.6 is 0 Å². The van der Waals surface area contributed by atoms with E-state index in [4.69, 9.17) is 4.74 Å². The van der Waals surface area contributed by atoms with Gasteiger partial charge in [-0.05, 0) is 57.3 Å². The topological polar surface area (TPSA) is 104 Å². The zero-order chi connectivity index (χ0) is 19.3. The Balaban J connectivity index is 2.38. The van der Waals surface area contributed by atoms with Gasteiger partial charge in [-0.1, -0.05) is 13.8 Å². The molecule has 142 valence electrons. The number of carboxylic acids is 2. The lowest BCUT2D eigenvalue weighted by molar-refractivity contribution is -0.165. The summed E-state index contributed by atoms with van der Waals surface area (Å²) in [4.78, 5) is 37.8. The average molecular weight is 355 g/mol. The van der Waals surface area contributed by atoms with Crippen LogP contribution in [0.5, 0.6) is 0 Å². The quantitative estimate of drug-likeness (QED) is 0.751. The molecule has 2 atom stereocenters. The van der Waals surface area contributed by atoms with Crippen molar-refractivity contribution < 1.29 is 29.3 Å². The molecule has 1 saturated heterocycles. The number of amides is 1. The fraction of sp³-hybridized carbons (Fsp3) is 0.833. The molecule has 0 aromatic heterocycles. The van der Waals surface area contributed by atoms with E-state index in [0.29, 0.717) is 25.9 Å². The highest BCUT2D eigenvalue weighted by Gasteiger charge is 2.71. The van der Waals surface area contributed by atoms with Gasteiger partial charge < -0.3 is 19.8 Å². The van der Waals surface area contributed by atoms with Gasteiger partial charge in [-0.15, -0.1) is 0 Å². The Morgan fingerprint density at radius 3 is 1.64 bits per heavy atom. The molecule has 7 heteroatoms. The number of hydrogen-bond acceptors (Lipinski definition) is 4. The van der Waals surface area contributed by atoms with Gasteiger partial charge in [0.05, 0.1) is 0 Å². The number of likely N-dealkylation sites (tertiary alicyclic amines) is 1. The van der Waals surface area contributed by atoms with Crippen molar-refractivity contribution in [3.63, 3.8) is 0 Å². The normalized spacial score (nSPS) is 30.8. The Bertz CT molecular complexity index is 557. The van der Waals surface area contributed by atoms with E-state index >= 15 is 0 Å². The van der Waals surface area contributed by atoms with Crippen LogP contribution in [0, 0.1) is 16.2 Å². The number of carboxylic acid groups (broad SMARTS) is 2. The molecular weight excluding hydrogens is 326 g/mol. The Labute approximate surface area is 148 Å². The molecular formula is C18H29NO6. The summed E-state index contributed by atoms with van der Waals surface area (Å²) >= 11 is 0. The molecule has 2 unspecified atom stereocenters. The SMILES string of the molecule is CCC12CN(C(=O)OC(C)(C)C)CC1(CC)CC(C(=O)O)(C(=O)O)C2. The Hall–Kier alpha value is -1.79. The second-order valence-electron chi connectivity index (χ2n) is 8.65. The lowest BCUT2D eigenvalue weighted by Gasteiger charge is -2.37. The van der Waals surface area contributed by atoms with Crippen molar-refractivity contribution in [3.8, 4) is 0 Å². The summed E-state index contributed by atoms with van der Waals surface area (Å²) in [5.74, 6) is -2.56. The molecule has 2 N–H and O–H groups in total. The molecule has 1 saturated carbocycles. The van der Waals surface area contributed by atoms with Crippen molar-refractivity contribution >= 4 is 18.0 Å². The molecule has 0 bridgehead atoms. The van der Waals surface area contributed by atoms with E-state index in [2.05, 4.69) is 0 Å². The van der Waals surface area contributed by atoms with Gasteiger partial charge in [-0.3, -0.25) is 9.59 Å². The maximum Gasteiger partial charge on any atom is 0.410 e. The van der Waals surface area contributed by atoms with Crippen molar-refractivity contribution in [2.24, 2.45) is 16.2 Å². The summed E-state index contributed by atoms with van der Waals surface area (Å²) in [7, 11) is 0. The first-order chi connectivity index (χ1) is 11.4. The van der Waals surface area contributed by atoms with Crippen LogP contribution in [0.15, 0.2) is 0 Å². The minimum atomic E-state index is -1.77. The maximum absolute atomic E-state index is 12.5. The summed E-state index contributed by atoms with van der Waals surface area (Å²) in [6, 6.07) is 0. The number of rotatable bonds is 4. The predicted molar refractivity (Wildman–Crippen MR) is 90.2 cm³/mol. The van der Waals surface area contributed by atoms with Crippen molar-refractivity contribution in [1.29, 1.82) is 0 Å². The molecule has 25 heavy (non-hydrogen) atoms. The summed E-state index contributed by atoms with van der Waals surface area (Å²) in [5.41, 5.74) is -3.42. The minimum Gasteiger partial charge on any atom is -0.480 e. The highest BCUT2D eigenvalue weighted by atomic mass is 16.6. The summed E-state index contributed by atoms with van der Waals surface area (Å²) in [6.07, 6.45) is 0.937. The lowest BCUT2D eigenvalue weighted by atomic mass is 9.65. The molecule has 1 heterocycles. The van der Waals surface area contributed by atoms with Crippen LogP contribution in [0.25, 0.3) is 0 Å². The first-order valence-corrected chi connectivity index (χ1v) is 8.82. The number of ether oxygens (including phenoxy) is 1. The minimum absolute atomic E-state index is 0.0499. The smallest absolute Gasteiger partial charge is 0.410 e. The maximum atomic E-state index is 12.5. The number of carbonyl (C=O) groups excluding carboxylic acids is 1. The Kier molecular flexibility index (Phi) is 4.60. The fourth-order valence-electron chi connectivity index (χ4n) is 4.90. The van der Waals surface area contributed by atoms with Crippen LogP contribution in [0.4, 0.5) is 4.79 Å². The van der Waals surface area contributed by atoms with E-state index in [1.807, 2.05) is 13.8 Å². The molecule has 2 fully saturated rings. The second-order valence-corrected chi connectivity index (χ2v) is 8.65. The lowest BCUT2D eigenvalue weighted by Crippen LogP contribution is -2.42. The van der Waals surface area contributed by atoms with Crippen LogP contribution in [0.3, 0.4) is 0 Å². The third-order valence-electron chi connectivity index (χ3n) is 6.22. The number of aliphatic carboxylic acids is 2. The summed E-state index contributed by atoms with van der Waals surface area (Å²) < 4.78 is 5.47. The molecule has 1 aliphatic heterocycles. The van der Waals surface area contributed by atoms with Crippen molar-refractivity contribution in [1.82, 2.24) is 4.90 Å². The van der Waals surface area contributed by atoms with E-state index in [9.17, 15) is 24.6 Å². The van der Waals surface area contributed by atoms with Gasteiger partial charge in [0.25, 0.3) is 0 Å². The standard InChI is InChI=1S/C18H29NO6/c1-6-16-8-18(12(20)21,13(22)23)9-17(16,7-2)11-19(10-16)14(24)25-15(3,4)5/h6-11H2,1-5H3,(H,20,21)(H,22,23). The van der Waals surface area contributed by atoms with Crippen molar-refractivity contribution in [2.75, 3.05) is 13.1 Å². The second kappa shape index (κ2) is 5.88. The van der Waals surface area contributed by atoms with Gasteiger partial charge in [0, 0.05) is 13.1 Å². The largest absolute Gasteiger partial charge is 0.480 e. The van der Waals surface area contributed by atoms with Gasteiger partial charge in [0.2, 0.25) is 0 Å². The van der Waals surface area contributed by atoms with Crippen LogP contribution in [0.1, 0.15) is 60.3 Å². The van der Waals surface area contributed by atoms with E-state index in [1.165, 1.54) is 0 Å². The fourth-order valence-corrected chi connectivity index (χ4v) is 4.90. The average Bonchev–Trinajstić information content (AvgIpc) is 2.93. The summed E-state index contributed by atoms with van der Waals surface area (Å²) in [6.45, 7) is 9.97. The van der Waals surface area contributed by atoms with Crippen LogP contribution in [-0.2, 0) is 14.3 Å². The monoisotopic (exact) mass is 355 g/mol. The molecule has 2 aliphatic rings. The first-order valence-electron chi connectivity index (χ1n) is 8.82. The van der Waals surface area contributed by atoms with E-state index in [-0.39, 0.29) is 12.8 Å². The van der Waals surface area contributed by atoms with Crippen molar-refractivity contribution in [2.45, 2.75) is 65.9 Å². The van der Waals surface area contributed by atoms with Crippen LogP contribution in [0.2, 0.25) is 0 Å². The van der Waals surface area contributed by atoms with E-state index in [0.717, 1.165) is 0 Å². The van der Waals surface area contributed by atoms with E-state index < -0.39 is 39.9 Å². The molecule has 0 aromatic carbocycles.